The number of methoxy groups -OCH3 is 2. The van der Waals surface area contributed by atoms with E-state index < -0.39 is 0 Å². The normalized spacial score (nSPS) is 10.2. The number of ether oxygens (including phenoxy) is 2. The van der Waals surface area contributed by atoms with Crippen molar-refractivity contribution in [2.24, 2.45) is 0 Å². The van der Waals surface area contributed by atoms with Gasteiger partial charge >= 0.3 is 0 Å². The highest BCUT2D eigenvalue weighted by atomic mass is 16.5. The minimum absolute atomic E-state index is 0.424. The van der Waals surface area contributed by atoms with E-state index in [0.29, 0.717) is 23.2 Å². The number of nitrogens with zero attached hydrogens (tertiary/aromatic N) is 2. The van der Waals surface area contributed by atoms with Gasteiger partial charge in [0, 0.05) is 0 Å². The predicted molar refractivity (Wildman–Crippen MR) is 57.6 cm³/mol. The van der Waals surface area contributed by atoms with Gasteiger partial charge in [0.25, 0.3) is 5.89 Å². The Morgan fingerprint density at radius 2 is 2.00 bits per heavy atom. The lowest BCUT2D eigenvalue weighted by Crippen LogP contribution is -1.93. The van der Waals surface area contributed by atoms with Crippen LogP contribution in [0.4, 0.5) is 0 Å². The van der Waals surface area contributed by atoms with Crippen molar-refractivity contribution in [2.45, 2.75) is 6.92 Å². The Kier molecular flexibility index (Phi) is 2.76. The van der Waals surface area contributed by atoms with Crippen LogP contribution in [0, 0.1) is 6.92 Å². The van der Waals surface area contributed by atoms with Gasteiger partial charge in [-0.2, -0.15) is 4.98 Å². The molecule has 5 heteroatoms. The lowest BCUT2D eigenvalue weighted by atomic mass is 10.2. The summed E-state index contributed by atoms with van der Waals surface area (Å²) in [4.78, 5) is 4.15. The molecule has 0 atom stereocenters. The minimum Gasteiger partial charge on any atom is -0.493 e. The molecule has 0 saturated carbocycles. The van der Waals surface area contributed by atoms with Gasteiger partial charge in [-0.15, -0.1) is 0 Å². The van der Waals surface area contributed by atoms with E-state index in [4.69, 9.17) is 14.0 Å². The topological polar surface area (TPSA) is 57.4 Å². The molecule has 0 fully saturated rings. The van der Waals surface area contributed by atoms with Crippen molar-refractivity contribution in [1.29, 1.82) is 0 Å². The molecule has 1 aromatic heterocycles. The van der Waals surface area contributed by atoms with Crippen LogP contribution in [0.25, 0.3) is 11.5 Å². The molecule has 5 nitrogen and oxygen atoms in total. The predicted octanol–water partition coefficient (Wildman–Crippen LogP) is 2.06. The van der Waals surface area contributed by atoms with E-state index in [1.807, 2.05) is 18.2 Å². The largest absolute Gasteiger partial charge is 0.493 e. The highest BCUT2D eigenvalue weighted by Crippen LogP contribution is 2.36. The van der Waals surface area contributed by atoms with Crippen molar-refractivity contribution in [3.8, 4) is 23.0 Å². The van der Waals surface area contributed by atoms with Crippen LogP contribution in [0.5, 0.6) is 11.5 Å². The fraction of sp³-hybridized carbons (Fsp3) is 0.273. The quantitative estimate of drug-likeness (QED) is 0.792. The number of para-hydroxylation sites is 1. The summed E-state index contributed by atoms with van der Waals surface area (Å²) in [5.74, 6) is 2.23. The van der Waals surface area contributed by atoms with Gasteiger partial charge in [0.2, 0.25) is 0 Å². The standard InChI is InChI=1S/C11H12N2O3/c1-7-12-11(16-13-7)8-5-4-6-9(14-2)10(8)15-3/h4-6H,1-3H3. The second-order valence-corrected chi connectivity index (χ2v) is 3.19. The van der Waals surface area contributed by atoms with E-state index in [2.05, 4.69) is 10.1 Å². The number of hydrogen-bond donors (Lipinski definition) is 0. The van der Waals surface area contributed by atoms with Crippen molar-refractivity contribution in [2.75, 3.05) is 14.2 Å². The van der Waals surface area contributed by atoms with Crippen molar-refractivity contribution in [3.63, 3.8) is 0 Å². The van der Waals surface area contributed by atoms with Crippen LogP contribution in [-0.2, 0) is 0 Å². The Hall–Kier alpha value is -2.04. The summed E-state index contributed by atoms with van der Waals surface area (Å²) in [6.45, 7) is 1.76. The van der Waals surface area contributed by atoms with Crippen LogP contribution in [0.1, 0.15) is 5.82 Å². The summed E-state index contributed by atoms with van der Waals surface area (Å²) in [7, 11) is 3.16. The van der Waals surface area contributed by atoms with E-state index in [9.17, 15) is 0 Å². The maximum absolute atomic E-state index is 5.28. The highest BCUT2D eigenvalue weighted by Gasteiger charge is 2.15. The third-order valence-corrected chi connectivity index (χ3v) is 2.16. The zero-order chi connectivity index (χ0) is 11.5. The highest BCUT2D eigenvalue weighted by molar-refractivity contribution is 5.67. The third-order valence-electron chi connectivity index (χ3n) is 2.16. The summed E-state index contributed by atoms with van der Waals surface area (Å²) < 4.78 is 15.6. The third kappa shape index (κ3) is 1.71. The maximum Gasteiger partial charge on any atom is 0.261 e. The second kappa shape index (κ2) is 4.22. The Morgan fingerprint density at radius 3 is 2.56 bits per heavy atom. The molecular weight excluding hydrogens is 208 g/mol. The van der Waals surface area contributed by atoms with Crippen LogP contribution >= 0.6 is 0 Å². The fourth-order valence-corrected chi connectivity index (χ4v) is 1.46. The second-order valence-electron chi connectivity index (χ2n) is 3.19. The molecule has 0 aliphatic rings. The Morgan fingerprint density at radius 1 is 1.19 bits per heavy atom. The van der Waals surface area contributed by atoms with Crippen molar-refractivity contribution < 1.29 is 14.0 Å². The zero-order valence-corrected chi connectivity index (χ0v) is 9.35. The zero-order valence-electron chi connectivity index (χ0n) is 9.35. The van der Waals surface area contributed by atoms with Gasteiger partial charge in [-0.25, -0.2) is 0 Å². The van der Waals surface area contributed by atoms with Gasteiger partial charge in [0.1, 0.15) is 0 Å². The molecule has 0 N–H and O–H groups in total. The van der Waals surface area contributed by atoms with Gasteiger partial charge in [-0.3, -0.25) is 0 Å². The van der Waals surface area contributed by atoms with E-state index in [1.54, 1.807) is 21.1 Å². The van der Waals surface area contributed by atoms with Crippen LogP contribution < -0.4 is 9.47 Å². The molecule has 0 unspecified atom stereocenters. The summed E-state index contributed by atoms with van der Waals surface area (Å²) in [5, 5.41) is 3.74. The first kappa shape index (κ1) is 10.5. The lowest BCUT2D eigenvalue weighted by molar-refractivity contribution is 0.353. The molecule has 1 aromatic carbocycles. The first-order valence-electron chi connectivity index (χ1n) is 4.78. The molecule has 2 aromatic rings. The number of aromatic nitrogens is 2. The molecule has 0 radical (unpaired) electrons. The number of hydrogen-bond acceptors (Lipinski definition) is 5. The monoisotopic (exact) mass is 220 g/mol. The van der Waals surface area contributed by atoms with E-state index in [1.165, 1.54) is 0 Å². The first-order chi connectivity index (χ1) is 7.76. The molecule has 0 saturated heterocycles. The van der Waals surface area contributed by atoms with Crippen LogP contribution in [0.15, 0.2) is 22.7 Å². The van der Waals surface area contributed by atoms with Crippen LogP contribution in [-0.4, -0.2) is 24.4 Å². The number of benzene rings is 1. The maximum atomic E-state index is 5.28. The molecule has 0 aliphatic heterocycles. The van der Waals surface area contributed by atoms with Gasteiger partial charge in [0.05, 0.1) is 19.8 Å². The fourth-order valence-electron chi connectivity index (χ4n) is 1.46. The molecule has 16 heavy (non-hydrogen) atoms. The lowest BCUT2D eigenvalue weighted by Gasteiger charge is -2.09. The summed E-state index contributed by atoms with van der Waals surface area (Å²) in [6, 6.07) is 5.50. The molecule has 84 valence electrons. The Bertz CT molecular complexity index is 494. The molecule has 0 spiro atoms. The van der Waals surface area contributed by atoms with Crippen LogP contribution in [0.2, 0.25) is 0 Å². The van der Waals surface area contributed by atoms with Crippen molar-refractivity contribution in [1.82, 2.24) is 10.1 Å². The Balaban J connectivity index is 2.56. The smallest absolute Gasteiger partial charge is 0.261 e. The van der Waals surface area contributed by atoms with Gasteiger partial charge in [0.15, 0.2) is 17.3 Å². The average molecular weight is 220 g/mol. The summed E-state index contributed by atoms with van der Waals surface area (Å²) in [6.07, 6.45) is 0. The number of aryl methyl sites for hydroxylation is 1. The van der Waals surface area contributed by atoms with E-state index in [0.717, 1.165) is 5.56 Å². The molecular formula is C11H12N2O3. The molecule has 1 heterocycles. The van der Waals surface area contributed by atoms with Gasteiger partial charge < -0.3 is 14.0 Å². The van der Waals surface area contributed by atoms with Gasteiger partial charge in [-0.05, 0) is 19.1 Å². The van der Waals surface area contributed by atoms with E-state index in [-0.39, 0.29) is 0 Å². The van der Waals surface area contributed by atoms with Gasteiger partial charge in [-0.1, -0.05) is 11.2 Å². The first-order valence-corrected chi connectivity index (χ1v) is 4.78. The molecule has 2 rings (SSSR count). The molecule has 0 amide bonds. The van der Waals surface area contributed by atoms with E-state index >= 15 is 0 Å². The SMILES string of the molecule is COc1cccc(-c2nc(C)no2)c1OC. The van der Waals surface area contributed by atoms with Crippen LogP contribution in [0.3, 0.4) is 0 Å². The minimum atomic E-state index is 0.424. The summed E-state index contributed by atoms with van der Waals surface area (Å²) >= 11 is 0. The molecule has 0 aliphatic carbocycles. The number of rotatable bonds is 3. The average Bonchev–Trinajstić information content (AvgIpc) is 2.74. The molecule has 0 bridgehead atoms. The van der Waals surface area contributed by atoms with Crippen molar-refractivity contribution >= 4 is 0 Å². The van der Waals surface area contributed by atoms with Crippen molar-refractivity contribution in [3.05, 3.63) is 24.0 Å². The summed E-state index contributed by atoms with van der Waals surface area (Å²) in [5.41, 5.74) is 0.724. The Labute approximate surface area is 93.0 Å².